The topological polar surface area (TPSA) is 65.2 Å². The lowest BCUT2D eigenvalue weighted by Crippen LogP contribution is -2.08. The molecule has 2 aromatic rings. The van der Waals surface area contributed by atoms with Crippen molar-refractivity contribution in [2.45, 2.75) is 32.6 Å². The van der Waals surface area contributed by atoms with Crippen LogP contribution in [-0.4, -0.2) is 23.0 Å². The van der Waals surface area contributed by atoms with Crippen molar-refractivity contribution in [3.63, 3.8) is 0 Å². The summed E-state index contributed by atoms with van der Waals surface area (Å²) in [4.78, 5) is 15.8. The number of ether oxygens (including phenoxy) is 1. The lowest BCUT2D eigenvalue weighted by atomic mass is 10.0. The number of methoxy groups -OCH3 is 1. The Morgan fingerprint density at radius 2 is 2.05 bits per heavy atom. The van der Waals surface area contributed by atoms with Crippen molar-refractivity contribution in [2.75, 3.05) is 7.11 Å². The normalized spacial score (nSPS) is 12.2. The van der Waals surface area contributed by atoms with Crippen LogP contribution in [0.25, 0.3) is 0 Å². The Morgan fingerprint density at radius 1 is 1.35 bits per heavy atom. The number of benzene rings is 1. The summed E-state index contributed by atoms with van der Waals surface area (Å²) in [5.41, 5.74) is 1.06. The molecule has 106 valence electrons. The lowest BCUT2D eigenvalue weighted by molar-refractivity contribution is -0.119. The van der Waals surface area contributed by atoms with Crippen LogP contribution in [0, 0.1) is 0 Å². The van der Waals surface area contributed by atoms with Crippen LogP contribution in [0.3, 0.4) is 0 Å². The number of ketones is 1. The van der Waals surface area contributed by atoms with E-state index in [1.54, 1.807) is 14.0 Å². The molecule has 0 radical (unpaired) electrons. The summed E-state index contributed by atoms with van der Waals surface area (Å²) in [7, 11) is 1.63. The molecule has 0 saturated carbocycles. The Morgan fingerprint density at radius 3 is 2.60 bits per heavy atom. The number of hydrogen-bond donors (Lipinski definition) is 0. The number of carbonyl (C=O) groups is 1. The van der Waals surface area contributed by atoms with Crippen LogP contribution < -0.4 is 4.74 Å². The molecule has 1 aromatic carbocycles. The molecule has 0 spiro atoms. The third-order valence-corrected chi connectivity index (χ3v) is 3.20. The van der Waals surface area contributed by atoms with E-state index in [1.165, 1.54) is 0 Å². The van der Waals surface area contributed by atoms with Crippen molar-refractivity contribution in [2.24, 2.45) is 0 Å². The Hall–Kier alpha value is -2.17. The Bertz CT molecular complexity index is 575. The summed E-state index contributed by atoms with van der Waals surface area (Å²) < 4.78 is 10.3. The second-order valence-electron chi connectivity index (χ2n) is 4.65. The van der Waals surface area contributed by atoms with Gasteiger partial charge in [-0.25, -0.2) is 0 Å². The highest BCUT2D eigenvalue weighted by Crippen LogP contribution is 2.20. The third kappa shape index (κ3) is 3.23. The van der Waals surface area contributed by atoms with Gasteiger partial charge >= 0.3 is 0 Å². The molecule has 0 aliphatic carbocycles. The predicted octanol–water partition coefficient (Wildman–Crippen LogP) is 2.75. The minimum Gasteiger partial charge on any atom is -0.497 e. The molecule has 0 amide bonds. The quantitative estimate of drug-likeness (QED) is 0.810. The molecule has 20 heavy (non-hydrogen) atoms. The molecular weight excluding hydrogens is 256 g/mol. The Labute approximate surface area is 118 Å². The SMILES string of the molecule is CCC(C(C)=O)c1nc(Cc2ccc(OC)cc2)no1. The maximum atomic E-state index is 11.5. The van der Waals surface area contributed by atoms with Gasteiger partial charge in [-0.1, -0.05) is 24.2 Å². The number of rotatable bonds is 6. The molecule has 0 aliphatic heterocycles. The molecule has 5 nitrogen and oxygen atoms in total. The highest BCUT2D eigenvalue weighted by atomic mass is 16.5. The summed E-state index contributed by atoms with van der Waals surface area (Å²) in [6.07, 6.45) is 1.24. The first-order valence-corrected chi connectivity index (χ1v) is 6.60. The second kappa shape index (κ2) is 6.32. The Balaban J connectivity index is 2.10. The van der Waals surface area contributed by atoms with Crippen LogP contribution >= 0.6 is 0 Å². The zero-order chi connectivity index (χ0) is 14.5. The molecule has 1 atom stereocenters. The molecule has 0 aliphatic rings. The van der Waals surface area contributed by atoms with Crippen molar-refractivity contribution in [3.8, 4) is 5.75 Å². The van der Waals surface area contributed by atoms with Gasteiger partial charge in [-0.3, -0.25) is 4.79 Å². The average Bonchev–Trinajstić information content (AvgIpc) is 2.88. The molecule has 0 N–H and O–H groups in total. The lowest BCUT2D eigenvalue weighted by Gasteiger charge is -2.03. The van der Waals surface area contributed by atoms with E-state index in [9.17, 15) is 4.79 Å². The fourth-order valence-electron chi connectivity index (χ4n) is 2.04. The average molecular weight is 274 g/mol. The zero-order valence-corrected chi connectivity index (χ0v) is 11.9. The van der Waals surface area contributed by atoms with Gasteiger partial charge in [0.2, 0.25) is 5.89 Å². The monoisotopic (exact) mass is 274 g/mol. The van der Waals surface area contributed by atoms with Crippen molar-refractivity contribution >= 4 is 5.78 Å². The molecule has 1 aromatic heterocycles. The maximum Gasteiger partial charge on any atom is 0.237 e. The molecule has 2 rings (SSSR count). The van der Waals surface area contributed by atoms with Crippen LogP contribution in [0.5, 0.6) is 5.75 Å². The van der Waals surface area contributed by atoms with Crippen LogP contribution in [0.4, 0.5) is 0 Å². The highest BCUT2D eigenvalue weighted by Gasteiger charge is 2.21. The van der Waals surface area contributed by atoms with Crippen molar-refractivity contribution in [1.82, 2.24) is 10.1 Å². The van der Waals surface area contributed by atoms with E-state index in [0.717, 1.165) is 11.3 Å². The molecule has 5 heteroatoms. The minimum absolute atomic E-state index is 0.0483. The van der Waals surface area contributed by atoms with Gasteiger partial charge in [-0.2, -0.15) is 4.98 Å². The third-order valence-electron chi connectivity index (χ3n) is 3.20. The van der Waals surface area contributed by atoms with E-state index >= 15 is 0 Å². The van der Waals surface area contributed by atoms with Crippen LogP contribution in [0.2, 0.25) is 0 Å². The molecular formula is C15H18N2O3. The van der Waals surface area contributed by atoms with E-state index in [0.29, 0.717) is 24.6 Å². The predicted molar refractivity (Wildman–Crippen MR) is 73.8 cm³/mol. The van der Waals surface area contributed by atoms with E-state index in [1.807, 2.05) is 31.2 Å². The Kier molecular flexibility index (Phi) is 4.50. The first-order chi connectivity index (χ1) is 9.63. The fourth-order valence-corrected chi connectivity index (χ4v) is 2.04. The zero-order valence-electron chi connectivity index (χ0n) is 11.9. The summed E-state index contributed by atoms with van der Waals surface area (Å²) in [5.74, 6) is 1.55. The van der Waals surface area contributed by atoms with Gasteiger partial charge in [0, 0.05) is 6.42 Å². The van der Waals surface area contributed by atoms with E-state index in [-0.39, 0.29) is 11.7 Å². The van der Waals surface area contributed by atoms with Gasteiger partial charge in [-0.05, 0) is 31.0 Å². The van der Waals surface area contributed by atoms with Gasteiger partial charge in [0.15, 0.2) is 5.82 Å². The largest absolute Gasteiger partial charge is 0.497 e. The van der Waals surface area contributed by atoms with Crippen LogP contribution in [-0.2, 0) is 11.2 Å². The first-order valence-electron chi connectivity index (χ1n) is 6.60. The summed E-state index contributed by atoms with van der Waals surface area (Å²) in [5, 5.41) is 3.94. The highest BCUT2D eigenvalue weighted by molar-refractivity contribution is 5.82. The fraction of sp³-hybridized carbons (Fsp3) is 0.400. The minimum atomic E-state index is -0.299. The second-order valence-corrected chi connectivity index (χ2v) is 4.65. The van der Waals surface area contributed by atoms with Gasteiger partial charge < -0.3 is 9.26 Å². The summed E-state index contributed by atoms with van der Waals surface area (Å²) >= 11 is 0. The summed E-state index contributed by atoms with van der Waals surface area (Å²) in [6.45, 7) is 3.47. The van der Waals surface area contributed by atoms with Crippen LogP contribution in [0.1, 0.15) is 43.5 Å². The number of aromatic nitrogens is 2. The van der Waals surface area contributed by atoms with Crippen molar-refractivity contribution < 1.29 is 14.1 Å². The van der Waals surface area contributed by atoms with Gasteiger partial charge in [0.25, 0.3) is 0 Å². The number of hydrogen-bond acceptors (Lipinski definition) is 5. The number of nitrogens with zero attached hydrogens (tertiary/aromatic N) is 2. The van der Waals surface area contributed by atoms with Gasteiger partial charge in [0.05, 0.1) is 13.0 Å². The van der Waals surface area contributed by atoms with Crippen molar-refractivity contribution in [3.05, 3.63) is 41.5 Å². The standard InChI is InChI=1S/C15H18N2O3/c1-4-13(10(2)18)15-16-14(17-20-15)9-11-5-7-12(19-3)8-6-11/h5-8,13H,4,9H2,1-3H3. The number of carbonyl (C=O) groups excluding carboxylic acids is 1. The van der Waals surface area contributed by atoms with Crippen LogP contribution in [0.15, 0.2) is 28.8 Å². The molecule has 0 fully saturated rings. The van der Waals surface area contributed by atoms with Gasteiger partial charge in [-0.15, -0.1) is 0 Å². The molecule has 1 heterocycles. The van der Waals surface area contributed by atoms with E-state index in [2.05, 4.69) is 10.1 Å². The van der Waals surface area contributed by atoms with Crippen molar-refractivity contribution in [1.29, 1.82) is 0 Å². The van der Waals surface area contributed by atoms with Gasteiger partial charge in [0.1, 0.15) is 11.5 Å². The first kappa shape index (κ1) is 14.2. The maximum absolute atomic E-state index is 11.5. The molecule has 0 saturated heterocycles. The summed E-state index contributed by atoms with van der Waals surface area (Å²) in [6, 6.07) is 7.69. The molecule has 0 bridgehead atoms. The number of Topliss-reactive ketones (excluding diaryl/α,β-unsaturated/α-hetero) is 1. The molecule has 1 unspecified atom stereocenters. The van der Waals surface area contributed by atoms with E-state index in [4.69, 9.17) is 9.26 Å². The van der Waals surface area contributed by atoms with E-state index < -0.39 is 0 Å². The smallest absolute Gasteiger partial charge is 0.237 e.